The third kappa shape index (κ3) is 4.99. The summed E-state index contributed by atoms with van der Waals surface area (Å²) in [6, 6.07) is 5.30. The Bertz CT molecular complexity index is 1380. The maximum atomic E-state index is 13.5. The van der Waals surface area contributed by atoms with Crippen molar-refractivity contribution in [3.8, 4) is 11.5 Å². The number of carbonyl (C=O) groups excluding carboxylic acids is 2. The van der Waals surface area contributed by atoms with E-state index in [4.69, 9.17) is 25.8 Å². The molecule has 3 heterocycles. The Morgan fingerprint density at radius 2 is 1.92 bits per heavy atom. The van der Waals surface area contributed by atoms with Crippen LogP contribution >= 0.6 is 22.9 Å². The Kier molecular flexibility index (Phi) is 7.27. The summed E-state index contributed by atoms with van der Waals surface area (Å²) in [5.74, 6) is -0.126. The predicted molar refractivity (Wildman–Crippen MR) is 141 cm³/mol. The molecule has 1 saturated carbocycles. The number of aromatic nitrogens is 2. The summed E-state index contributed by atoms with van der Waals surface area (Å²) in [6.07, 6.45) is 5.09. The lowest BCUT2D eigenvalue weighted by Crippen LogP contribution is -2.52. The minimum atomic E-state index is -0.987. The SMILES string of the molecule is COc1cc(OC)c(CCC2(C3CCCC3)CC(=O)C(Cc3nc4ccsc4c(=O)[nH]3)C(=O)O2)cc1Cl. The molecule has 5 rings (SSSR count). The number of aromatic amines is 1. The van der Waals surface area contributed by atoms with Crippen LogP contribution in [0.5, 0.6) is 11.5 Å². The number of methoxy groups -OCH3 is 2. The molecular formula is C27H29ClN2O6S. The second kappa shape index (κ2) is 10.5. The molecule has 37 heavy (non-hydrogen) atoms. The van der Waals surface area contributed by atoms with E-state index in [2.05, 4.69) is 9.97 Å². The largest absolute Gasteiger partial charge is 0.496 e. The molecule has 0 radical (unpaired) electrons. The van der Waals surface area contributed by atoms with E-state index in [1.807, 2.05) is 0 Å². The minimum Gasteiger partial charge on any atom is -0.496 e. The fourth-order valence-electron chi connectivity index (χ4n) is 5.75. The number of carbonyl (C=O) groups is 2. The first-order chi connectivity index (χ1) is 17.8. The average molecular weight is 545 g/mol. The number of rotatable bonds is 8. The number of hydrogen-bond acceptors (Lipinski definition) is 8. The van der Waals surface area contributed by atoms with Crippen molar-refractivity contribution in [2.24, 2.45) is 11.8 Å². The first-order valence-electron chi connectivity index (χ1n) is 12.5. The van der Waals surface area contributed by atoms with Crippen molar-refractivity contribution in [3.05, 3.63) is 50.3 Å². The summed E-state index contributed by atoms with van der Waals surface area (Å²) < 4.78 is 17.6. The molecule has 0 amide bonds. The molecule has 1 aliphatic heterocycles. The van der Waals surface area contributed by atoms with Gasteiger partial charge >= 0.3 is 5.97 Å². The lowest BCUT2D eigenvalue weighted by Gasteiger charge is -2.43. The number of thiophene rings is 1. The van der Waals surface area contributed by atoms with E-state index in [9.17, 15) is 14.4 Å². The van der Waals surface area contributed by atoms with Gasteiger partial charge in [0.1, 0.15) is 33.5 Å². The molecule has 10 heteroatoms. The molecule has 2 fully saturated rings. The van der Waals surface area contributed by atoms with Gasteiger partial charge in [-0.3, -0.25) is 14.4 Å². The number of ether oxygens (including phenoxy) is 3. The molecule has 2 aromatic heterocycles. The van der Waals surface area contributed by atoms with E-state index >= 15 is 0 Å². The number of nitrogens with one attached hydrogen (secondary N) is 1. The normalized spacial score (nSPS) is 22.4. The van der Waals surface area contributed by atoms with Gasteiger partial charge in [-0.15, -0.1) is 11.3 Å². The van der Waals surface area contributed by atoms with Crippen molar-refractivity contribution in [1.82, 2.24) is 9.97 Å². The Labute approximate surface area is 223 Å². The van der Waals surface area contributed by atoms with Gasteiger partial charge in [0.25, 0.3) is 5.56 Å². The van der Waals surface area contributed by atoms with E-state index in [1.165, 1.54) is 11.3 Å². The number of hydrogen-bond donors (Lipinski definition) is 1. The Balaban J connectivity index is 1.38. The fourth-order valence-corrected chi connectivity index (χ4v) is 6.74. The summed E-state index contributed by atoms with van der Waals surface area (Å²) in [7, 11) is 3.13. The Morgan fingerprint density at radius 3 is 2.62 bits per heavy atom. The maximum absolute atomic E-state index is 13.5. The van der Waals surface area contributed by atoms with Crippen LogP contribution in [0.4, 0.5) is 0 Å². The zero-order chi connectivity index (χ0) is 26.2. The third-order valence-corrected chi connectivity index (χ3v) is 8.88. The number of H-pyrrole nitrogens is 1. The molecule has 8 nitrogen and oxygen atoms in total. The summed E-state index contributed by atoms with van der Waals surface area (Å²) >= 11 is 7.68. The van der Waals surface area contributed by atoms with Crippen LogP contribution in [0.3, 0.4) is 0 Å². The number of nitrogens with zero attached hydrogens (tertiary/aromatic N) is 1. The molecule has 1 aromatic carbocycles. The van der Waals surface area contributed by atoms with Gasteiger partial charge in [0, 0.05) is 18.9 Å². The fraction of sp³-hybridized carbons (Fsp3) is 0.481. The van der Waals surface area contributed by atoms with Crippen LogP contribution in [0.1, 0.15) is 49.9 Å². The zero-order valence-electron chi connectivity index (χ0n) is 20.8. The highest BCUT2D eigenvalue weighted by Gasteiger charge is 2.51. The molecule has 2 atom stereocenters. The smallest absolute Gasteiger partial charge is 0.317 e. The van der Waals surface area contributed by atoms with Crippen LogP contribution in [-0.4, -0.2) is 41.5 Å². The molecule has 0 bridgehead atoms. The van der Waals surface area contributed by atoms with E-state index in [-0.39, 0.29) is 30.1 Å². The monoisotopic (exact) mass is 544 g/mol. The summed E-state index contributed by atoms with van der Waals surface area (Å²) in [6.45, 7) is 0. The maximum Gasteiger partial charge on any atom is 0.317 e. The van der Waals surface area contributed by atoms with E-state index in [0.29, 0.717) is 45.4 Å². The number of cyclic esters (lactones) is 1. The van der Waals surface area contributed by atoms with Gasteiger partial charge in [0.2, 0.25) is 0 Å². The lowest BCUT2D eigenvalue weighted by molar-refractivity contribution is -0.185. The second-order valence-electron chi connectivity index (χ2n) is 9.81. The van der Waals surface area contributed by atoms with E-state index in [0.717, 1.165) is 31.2 Å². The van der Waals surface area contributed by atoms with E-state index in [1.54, 1.807) is 37.8 Å². The highest BCUT2D eigenvalue weighted by molar-refractivity contribution is 7.17. The van der Waals surface area contributed by atoms with Crippen molar-refractivity contribution >= 4 is 44.9 Å². The van der Waals surface area contributed by atoms with Crippen LogP contribution in [-0.2, 0) is 27.2 Å². The number of esters is 1. The van der Waals surface area contributed by atoms with Crippen molar-refractivity contribution in [3.63, 3.8) is 0 Å². The van der Waals surface area contributed by atoms with Crippen LogP contribution < -0.4 is 15.0 Å². The third-order valence-electron chi connectivity index (χ3n) is 7.68. The predicted octanol–water partition coefficient (Wildman–Crippen LogP) is 4.89. The molecule has 2 aliphatic rings. The minimum absolute atomic E-state index is 0.0152. The number of aryl methyl sites for hydroxylation is 1. The van der Waals surface area contributed by atoms with Crippen molar-refractivity contribution in [1.29, 1.82) is 0 Å². The number of ketones is 1. The highest BCUT2D eigenvalue weighted by Crippen LogP contribution is 2.46. The van der Waals surface area contributed by atoms with Gasteiger partial charge in [-0.25, -0.2) is 4.98 Å². The van der Waals surface area contributed by atoms with Crippen molar-refractivity contribution < 1.29 is 23.8 Å². The molecule has 1 saturated heterocycles. The van der Waals surface area contributed by atoms with Crippen LogP contribution in [0.15, 0.2) is 28.4 Å². The van der Waals surface area contributed by atoms with Crippen LogP contribution in [0, 0.1) is 11.8 Å². The van der Waals surface area contributed by atoms with Gasteiger partial charge in [-0.2, -0.15) is 0 Å². The van der Waals surface area contributed by atoms with Gasteiger partial charge < -0.3 is 19.2 Å². The first kappa shape index (κ1) is 25.7. The summed E-state index contributed by atoms with van der Waals surface area (Å²) in [5.41, 5.74) is 0.283. The molecule has 0 spiro atoms. The quantitative estimate of drug-likeness (QED) is 0.317. The van der Waals surface area contributed by atoms with Crippen molar-refractivity contribution in [2.45, 2.75) is 57.0 Å². The first-order valence-corrected chi connectivity index (χ1v) is 13.7. The summed E-state index contributed by atoms with van der Waals surface area (Å²) in [4.78, 5) is 46.3. The zero-order valence-corrected chi connectivity index (χ0v) is 22.4. The van der Waals surface area contributed by atoms with E-state index < -0.39 is 17.5 Å². The highest BCUT2D eigenvalue weighted by atomic mass is 35.5. The Morgan fingerprint density at radius 1 is 1.16 bits per heavy atom. The molecule has 2 unspecified atom stereocenters. The van der Waals surface area contributed by atoms with Gasteiger partial charge in [-0.1, -0.05) is 24.4 Å². The van der Waals surface area contributed by atoms with Gasteiger partial charge in [-0.05, 0) is 54.7 Å². The summed E-state index contributed by atoms with van der Waals surface area (Å²) in [5, 5.41) is 2.26. The Hall–Kier alpha value is -2.91. The topological polar surface area (TPSA) is 108 Å². The standard InChI is InChI=1S/C27H29ClN2O6S/c1-34-21-13-22(35-2)18(28)11-15(21)7-9-27(16-5-3-4-6-16)14-20(31)17(26(33)36-27)12-23-29-19-8-10-37-24(19)25(32)30-23/h8,10-11,13,16-17H,3-7,9,12,14H2,1-2H3,(H,29,30,32). The van der Waals surface area contributed by atoms with Crippen molar-refractivity contribution in [2.75, 3.05) is 14.2 Å². The lowest BCUT2D eigenvalue weighted by atomic mass is 9.73. The van der Waals surface area contributed by atoms with Crippen LogP contribution in [0.2, 0.25) is 5.02 Å². The molecule has 196 valence electrons. The molecule has 3 aromatic rings. The molecular weight excluding hydrogens is 516 g/mol. The molecule has 1 N–H and O–H groups in total. The number of fused-ring (bicyclic) bond motifs is 1. The average Bonchev–Trinajstić information content (AvgIpc) is 3.58. The van der Waals surface area contributed by atoms with Gasteiger partial charge in [0.05, 0.1) is 24.8 Å². The molecule has 1 aliphatic carbocycles. The van der Waals surface area contributed by atoms with Crippen LogP contribution in [0.25, 0.3) is 10.2 Å². The number of benzene rings is 1. The number of halogens is 1. The van der Waals surface area contributed by atoms with Gasteiger partial charge in [0.15, 0.2) is 5.78 Å². The second-order valence-corrected chi connectivity index (χ2v) is 11.1. The number of Topliss-reactive ketones (excluding diaryl/α,β-unsaturated/α-hetero) is 1.